The second kappa shape index (κ2) is 4.00. The first-order valence-corrected chi connectivity index (χ1v) is 4.63. The Morgan fingerprint density at radius 3 is 2.75 bits per heavy atom. The van der Waals surface area contributed by atoms with E-state index in [4.69, 9.17) is 10.8 Å². The molecule has 3 nitrogen and oxygen atoms in total. The van der Waals surface area contributed by atoms with Gasteiger partial charge in [-0.25, -0.2) is 0 Å². The molecule has 12 heavy (non-hydrogen) atoms. The largest absolute Gasteiger partial charge is 0.395 e. The lowest BCUT2D eigenvalue weighted by Crippen LogP contribution is -2.31. The normalized spacial score (nSPS) is 16.0. The highest BCUT2D eigenvalue weighted by atomic mass is 32.1. The van der Waals surface area contributed by atoms with Crippen LogP contribution >= 0.6 is 11.3 Å². The highest BCUT2D eigenvalue weighted by Gasteiger charge is 2.18. The second-order valence-electron chi connectivity index (χ2n) is 2.76. The van der Waals surface area contributed by atoms with Crippen LogP contribution in [-0.4, -0.2) is 22.9 Å². The van der Waals surface area contributed by atoms with Gasteiger partial charge < -0.3 is 15.9 Å². The highest BCUT2D eigenvalue weighted by molar-refractivity contribution is 7.10. The van der Waals surface area contributed by atoms with Crippen molar-refractivity contribution in [3.8, 4) is 0 Å². The van der Waals surface area contributed by atoms with E-state index in [2.05, 4.69) is 0 Å². The van der Waals surface area contributed by atoms with Crippen molar-refractivity contribution in [2.75, 3.05) is 6.61 Å². The number of nitrogens with two attached hydrogens (primary N) is 1. The molecule has 1 rings (SSSR count). The Morgan fingerprint density at radius 2 is 2.33 bits per heavy atom. The summed E-state index contributed by atoms with van der Waals surface area (Å²) in [7, 11) is 0. The lowest BCUT2D eigenvalue weighted by molar-refractivity contribution is 0.112. The molecule has 0 radical (unpaired) electrons. The Hall–Kier alpha value is -0.420. The third-order valence-corrected chi connectivity index (χ3v) is 2.88. The van der Waals surface area contributed by atoms with Gasteiger partial charge in [-0.3, -0.25) is 0 Å². The molecule has 0 aliphatic carbocycles. The lowest BCUT2D eigenvalue weighted by Gasteiger charge is -2.15. The second-order valence-corrected chi connectivity index (χ2v) is 3.71. The Labute approximate surface area is 75.5 Å². The van der Waals surface area contributed by atoms with Gasteiger partial charge in [0.25, 0.3) is 0 Å². The summed E-state index contributed by atoms with van der Waals surface area (Å²) in [6.07, 6.45) is -0.741. The van der Waals surface area contributed by atoms with Crippen molar-refractivity contribution in [2.24, 2.45) is 5.73 Å². The SMILES string of the molecule is Cc1ccsc1[C@@H](O)[C@H](N)CO. The lowest BCUT2D eigenvalue weighted by atomic mass is 10.1. The van der Waals surface area contributed by atoms with Gasteiger partial charge in [0.1, 0.15) is 6.10 Å². The Bertz CT molecular complexity index is 249. The number of hydrogen-bond acceptors (Lipinski definition) is 4. The van der Waals surface area contributed by atoms with Crippen LogP contribution in [0.4, 0.5) is 0 Å². The van der Waals surface area contributed by atoms with Gasteiger partial charge in [0, 0.05) is 4.88 Å². The first kappa shape index (κ1) is 9.67. The molecule has 0 aliphatic rings. The molecular formula is C8H13NO2S. The van der Waals surface area contributed by atoms with Crippen LogP contribution in [0.3, 0.4) is 0 Å². The molecule has 1 heterocycles. The summed E-state index contributed by atoms with van der Waals surface area (Å²) >= 11 is 1.46. The first-order valence-electron chi connectivity index (χ1n) is 3.75. The zero-order chi connectivity index (χ0) is 9.14. The molecule has 2 atom stereocenters. The van der Waals surface area contributed by atoms with Crippen LogP contribution in [0, 0.1) is 6.92 Å². The van der Waals surface area contributed by atoms with Gasteiger partial charge in [-0.1, -0.05) is 0 Å². The Morgan fingerprint density at radius 1 is 1.67 bits per heavy atom. The topological polar surface area (TPSA) is 66.5 Å². The minimum Gasteiger partial charge on any atom is -0.395 e. The molecule has 1 aromatic rings. The maximum absolute atomic E-state index is 9.58. The van der Waals surface area contributed by atoms with Crippen molar-refractivity contribution in [3.63, 3.8) is 0 Å². The summed E-state index contributed by atoms with van der Waals surface area (Å²) in [5.74, 6) is 0. The molecule has 0 unspecified atom stereocenters. The molecule has 0 saturated heterocycles. The summed E-state index contributed by atoms with van der Waals surface area (Å²) in [5, 5.41) is 20.2. The summed E-state index contributed by atoms with van der Waals surface area (Å²) in [6, 6.07) is 1.34. The molecule has 0 bridgehead atoms. The molecule has 0 spiro atoms. The van der Waals surface area contributed by atoms with Gasteiger partial charge in [0.15, 0.2) is 0 Å². The number of aryl methyl sites for hydroxylation is 1. The minimum atomic E-state index is -0.741. The van der Waals surface area contributed by atoms with Gasteiger partial charge in [0.2, 0.25) is 0 Å². The van der Waals surface area contributed by atoms with Gasteiger partial charge in [0.05, 0.1) is 12.6 Å². The zero-order valence-electron chi connectivity index (χ0n) is 6.90. The number of rotatable bonds is 3. The summed E-state index contributed by atoms with van der Waals surface area (Å²) in [4.78, 5) is 0.844. The molecule has 0 aromatic carbocycles. The van der Waals surface area contributed by atoms with Crippen LogP contribution in [-0.2, 0) is 0 Å². The van der Waals surface area contributed by atoms with Gasteiger partial charge in [-0.15, -0.1) is 11.3 Å². The predicted molar refractivity (Wildman–Crippen MR) is 49.1 cm³/mol. The van der Waals surface area contributed by atoms with Crippen molar-refractivity contribution in [1.82, 2.24) is 0 Å². The van der Waals surface area contributed by atoms with Crippen LogP contribution < -0.4 is 5.73 Å². The fraction of sp³-hybridized carbons (Fsp3) is 0.500. The summed E-state index contributed by atoms with van der Waals surface area (Å²) < 4.78 is 0. The van der Waals surface area contributed by atoms with Gasteiger partial charge in [-0.2, -0.15) is 0 Å². The van der Waals surface area contributed by atoms with Crippen molar-refractivity contribution in [2.45, 2.75) is 19.1 Å². The molecule has 4 N–H and O–H groups in total. The van der Waals surface area contributed by atoms with Crippen LogP contribution in [0.2, 0.25) is 0 Å². The maximum Gasteiger partial charge on any atom is 0.106 e. The number of hydrogen-bond donors (Lipinski definition) is 3. The average molecular weight is 187 g/mol. The predicted octanol–water partition coefficient (Wildman–Crippen LogP) is 0.410. The maximum atomic E-state index is 9.58. The van der Waals surface area contributed by atoms with Gasteiger partial charge in [-0.05, 0) is 23.9 Å². The quantitative estimate of drug-likeness (QED) is 0.642. The number of aliphatic hydroxyl groups is 2. The van der Waals surface area contributed by atoms with Gasteiger partial charge >= 0.3 is 0 Å². The number of aliphatic hydroxyl groups excluding tert-OH is 2. The first-order chi connectivity index (χ1) is 5.66. The Kier molecular flexibility index (Phi) is 3.22. The third kappa shape index (κ3) is 1.84. The molecule has 0 fully saturated rings. The molecule has 0 aliphatic heterocycles. The molecule has 4 heteroatoms. The molecule has 1 aromatic heterocycles. The summed E-state index contributed by atoms with van der Waals surface area (Å²) in [5.41, 5.74) is 6.51. The van der Waals surface area contributed by atoms with Crippen LogP contribution in [0.15, 0.2) is 11.4 Å². The van der Waals surface area contributed by atoms with E-state index in [1.807, 2.05) is 18.4 Å². The summed E-state index contributed by atoms with van der Waals surface area (Å²) in [6.45, 7) is 1.72. The number of thiophene rings is 1. The van der Waals surface area contributed by atoms with E-state index in [1.54, 1.807) is 0 Å². The van der Waals surface area contributed by atoms with E-state index in [0.29, 0.717) is 0 Å². The molecule has 0 amide bonds. The van der Waals surface area contributed by atoms with E-state index in [9.17, 15) is 5.11 Å². The van der Waals surface area contributed by atoms with E-state index in [1.165, 1.54) is 11.3 Å². The van der Waals surface area contributed by atoms with Crippen molar-refractivity contribution < 1.29 is 10.2 Å². The van der Waals surface area contributed by atoms with Crippen molar-refractivity contribution in [1.29, 1.82) is 0 Å². The molecule has 0 saturated carbocycles. The Balaban J connectivity index is 2.77. The van der Waals surface area contributed by atoms with Crippen LogP contribution in [0.25, 0.3) is 0 Å². The third-order valence-electron chi connectivity index (χ3n) is 1.79. The fourth-order valence-electron chi connectivity index (χ4n) is 0.982. The molecule has 68 valence electrons. The fourth-order valence-corrected chi connectivity index (χ4v) is 1.97. The van der Waals surface area contributed by atoms with E-state index in [0.717, 1.165) is 10.4 Å². The van der Waals surface area contributed by atoms with Crippen molar-refractivity contribution in [3.05, 3.63) is 21.9 Å². The molecular weight excluding hydrogens is 174 g/mol. The van der Waals surface area contributed by atoms with Crippen molar-refractivity contribution >= 4 is 11.3 Å². The minimum absolute atomic E-state index is 0.196. The van der Waals surface area contributed by atoms with E-state index in [-0.39, 0.29) is 6.61 Å². The highest BCUT2D eigenvalue weighted by Crippen LogP contribution is 2.25. The zero-order valence-corrected chi connectivity index (χ0v) is 7.71. The monoisotopic (exact) mass is 187 g/mol. The average Bonchev–Trinajstić information content (AvgIpc) is 2.48. The van der Waals surface area contributed by atoms with E-state index >= 15 is 0 Å². The van der Waals surface area contributed by atoms with Crippen LogP contribution in [0.1, 0.15) is 16.5 Å². The standard InChI is InChI=1S/C8H13NO2S/c1-5-2-3-12-8(5)7(11)6(9)4-10/h2-3,6-7,10-11H,4,9H2,1H3/t6-,7+/m1/s1. The van der Waals surface area contributed by atoms with Crippen LogP contribution in [0.5, 0.6) is 0 Å². The van der Waals surface area contributed by atoms with E-state index < -0.39 is 12.1 Å². The smallest absolute Gasteiger partial charge is 0.106 e.